The van der Waals surface area contributed by atoms with Crippen LogP contribution in [0.2, 0.25) is 0 Å². The average molecular weight is 259 g/mol. The van der Waals surface area contributed by atoms with Gasteiger partial charge in [-0.2, -0.15) is 13.2 Å². The summed E-state index contributed by atoms with van der Waals surface area (Å²) in [6.45, 7) is 0.498. The zero-order chi connectivity index (χ0) is 13.3. The van der Waals surface area contributed by atoms with Gasteiger partial charge < -0.3 is 10.4 Å². The summed E-state index contributed by atoms with van der Waals surface area (Å²) < 4.78 is 37.7. The van der Waals surface area contributed by atoms with Crippen LogP contribution in [0.3, 0.4) is 0 Å². The van der Waals surface area contributed by atoms with Crippen molar-refractivity contribution in [3.63, 3.8) is 0 Å². The Bertz CT molecular complexity index is 459. The van der Waals surface area contributed by atoms with Gasteiger partial charge in [0.25, 0.3) is 0 Å². The zero-order valence-corrected chi connectivity index (χ0v) is 9.37. The van der Waals surface area contributed by atoms with Gasteiger partial charge in [0.1, 0.15) is 0 Å². The summed E-state index contributed by atoms with van der Waals surface area (Å²) in [4.78, 5) is 11.0. The SMILES string of the molecule is O=C(O)C1CCNC1c1cccc(C(F)(F)F)c1. The van der Waals surface area contributed by atoms with Crippen LogP contribution < -0.4 is 5.32 Å². The Balaban J connectivity index is 2.31. The largest absolute Gasteiger partial charge is 0.481 e. The predicted molar refractivity (Wildman–Crippen MR) is 57.9 cm³/mol. The Kier molecular flexibility index (Phi) is 3.30. The molecule has 1 aromatic carbocycles. The summed E-state index contributed by atoms with van der Waals surface area (Å²) in [6, 6.07) is 4.27. The van der Waals surface area contributed by atoms with Crippen LogP contribution in [-0.4, -0.2) is 17.6 Å². The summed E-state index contributed by atoms with van der Waals surface area (Å²) in [6.07, 6.45) is -3.98. The lowest BCUT2D eigenvalue weighted by Crippen LogP contribution is -2.23. The van der Waals surface area contributed by atoms with Crippen LogP contribution in [0.1, 0.15) is 23.6 Å². The van der Waals surface area contributed by atoms with E-state index in [-0.39, 0.29) is 0 Å². The van der Waals surface area contributed by atoms with Gasteiger partial charge in [-0.3, -0.25) is 4.79 Å². The molecule has 0 saturated carbocycles. The second-order valence-electron chi connectivity index (χ2n) is 4.29. The van der Waals surface area contributed by atoms with Crippen LogP contribution in [0.4, 0.5) is 13.2 Å². The van der Waals surface area contributed by atoms with Gasteiger partial charge in [-0.05, 0) is 30.7 Å². The molecule has 1 fully saturated rings. The fraction of sp³-hybridized carbons (Fsp3) is 0.417. The number of benzene rings is 1. The minimum Gasteiger partial charge on any atom is -0.481 e. The van der Waals surface area contributed by atoms with Gasteiger partial charge in [0.05, 0.1) is 11.5 Å². The quantitative estimate of drug-likeness (QED) is 0.857. The van der Waals surface area contributed by atoms with Crippen molar-refractivity contribution < 1.29 is 23.1 Å². The number of alkyl halides is 3. The third kappa shape index (κ3) is 2.48. The number of carbonyl (C=O) groups is 1. The summed E-state index contributed by atoms with van der Waals surface area (Å²) in [5.74, 6) is -1.66. The molecule has 0 bridgehead atoms. The van der Waals surface area contributed by atoms with E-state index < -0.39 is 29.7 Å². The molecule has 0 aromatic heterocycles. The molecule has 2 atom stereocenters. The Labute approximate surface area is 102 Å². The van der Waals surface area contributed by atoms with Gasteiger partial charge in [-0.1, -0.05) is 12.1 Å². The van der Waals surface area contributed by atoms with Gasteiger partial charge in [0.2, 0.25) is 0 Å². The first-order chi connectivity index (χ1) is 8.39. The normalized spacial score (nSPS) is 24.2. The third-order valence-electron chi connectivity index (χ3n) is 3.11. The van der Waals surface area contributed by atoms with Crippen molar-refractivity contribution in [1.82, 2.24) is 5.32 Å². The molecule has 0 amide bonds. The van der Waals surface area contributed by atoms with E-state index in [1.54, 1.807) is 0 Å². The maximum atomic E-state index is 12.6. The Hall–Kier alpha value is -1.56. The number of halogens is 3. The maximum absolute atomic E-state index is 12.6. The highest BCUT2D eigenvalue weighted by molar-refractivity contribution is 5.71. The molecule has 3 nitrogen and oxygen atoms in total. The molecule has 18 heavy (non-hydrogen) atoms. The molecule has 1 aliphatic heterocycles. The standard InChI is InChI=1S/C12H12F3NO2/c13-12(14,15)8-3-1-2-7(6-8)10-9(11(17)18)4-5-16-10/h1-3,6,9-10,16H,4-5H2,(H,17,18). The smallest absolute Gasteiger partial charge is 0.416 e. The highest BCUT2D eigenvalue weighted by Gasteiger charge is 2.36. The van der Waals surface area contributed by atoms with Crippen molar-refractivity contribution in [1.29, 1.82) is 0 Å². The van der Waals surface area contributed by atoms with E-state index in [1.807, 2.05) is 0 Å². The molecule has 0 radical (unpaired) electrons. The highest BCUT2D eigenvalue weighted by Crippen LogP contribution is 2.34. The fourth-order valence-corrected chi connectivity index (χ4v) is 2.23. The number of carboxylic acid groups (broad SMARTS) is 1. The second-order valence-corrected chi connectivity index (χ2v) is 4.29. The fourth-order valence-electron chi connectivity index (χ4n) is 2.23. The minimum absolute atomic E-state index is 0.370. The van der Waals surface area contributed by atoms with Crippen molar-refractivity contribution in [2.75, 3.05) is 6.54 Å². The first kappa shape index (κ1) is 12.9. The molecule has 0 spiro atoms. The summed E-state index contributed by atoms with van der Waals surface area (Å²) in [5, 5.41) is 11.9. The van der Waals surface area contributed by atoms with Gasteiger partial charge in [-0.15, -0.1) is 0 Å². The Morgan fingerprint density at radius 1 is 1.39 bits per heavy atom. The maximum Gasteiger partial charge on any atom is 0.416 e. The monoisotopic (exact) mass is 259 g/mol. The average Bonchev–Trinajstić information content (AvgIpc) is 2.77. The molecule has 2 N–H and O–H groups in total. The first-order valence-corrected chi connectivity index (χ1v) is 5.53. The van der Waals surface area contributed by atoms with Crippen molar-refractivity contribution >= 4 is 5.97 Å². The first-order valence-electron chi connectivity index (χ1n) is 5.53. The molecule has 98 valence electrons. The van der Waals surface area contributed by atoms with Crippen molar-refractivity contribution in [2.45, 2.75) is 18.6 Å². The highest BCUT2D eigenvalue weighted by atomic mass is 19.4. The molecule has 1 aromatic rings. The van der Waals surface area contributed by atoms with Gasteiger partial charge in [-0.25, -0.2) is 0 Å². The van der Waals surface area contributed by atoms with Crippen molar-refractivity contribution in [3.8, 4) is 0 Å². The van der Waals surface area contributed by atoms with Crippen LogP contribution >= 0.6 is 0 Å². The zero-order valence-electron chi connectivity index (χ0n) is 9.37. The molecule has 2 rings (SSSR count). The van der Waals surface area contributed by atoms with E-state index in [9.17, 15) is 18.0 Å². The minimum atomic E-state index is -4.41. The molecule has 1 aliphatic rings. The van der Waals surface area contributed by atoms with Crippen LogP contribution in [0.5, 0.6) is 0 Å². The molecular weight excluding hydrogens is 247 g/mol. The number of nitrogens with one attached hydrogen (secondary N) is 1. The predicted octanol–water partition coefficient (Wildman–Crippen LogP) is 2.44. The summed E-state index contributed by atoms with van der Waals surface area (Å²) >= 11 is 0. The number of hydrogen-bond donors (Lipinski definition) is 2. The van der Waals surface area contributed by atoms with Crippen molar-refractivity contribution in [2.24, 2.45) is 5.92 Å². The van der Waals surface area contributed by atoms with E-state index in [4.69, 9.17) is 5.11 Å². The number of rotatable bonds is 2. The van der Waals surface area contributed by atoms with E-state index in [1.165, 1.54) is 12.1 Å². The van der Waals surface area contributed by atoms with Crippen molar-refractivity contribution in [3.05, 3.63) is 35.4 Å². The molecule has 2 unspecified atom stereocenters. The lowest BCUT2D eigenvalue weighted by atomic mass is 9.93. The van der Waals surface area contributed by atoms with E-state index in [0.717, 1.165) is 12.1 Å². The lowest BCUT2D eigenvalue weighted by molar-refractivity contribution is -0.142. The van der Waals surface area contributed by atoms with E-state index in [0.29, 0.717) is 18.5 Å². The Morgan fingerprint density at radius 3 is 2.72 bits per heavy atom. The summed E-state index contributed by atoms with van der Waals surface area (Å²) in [7, 11) is 0. The lowest BCUT2D eigenvalue weighted by Gasteiger charge is -2.17. The van der Waals surface area contributed by atoms with E-state index >= 15 is 0 Å². The van der Waals surface area contributed by atoms with Crippen LogP contribution in [0.25, 0.3) is 0 Å². The topological polar surface area (TPSA) is 49.3 Å². The van der Waals surface area contributed by atoms with Crippen LogP contribution in [-0.2, 0) is 11.0 Å². The Morgan fingerprint density at radius 2 is 2.11 bits per heavy atom. The molecule has 1 saturated heterocycles. The number of carboxylic acids is 1. The molecule has 6 heteroatoms. The van der Waals surface area contributed by atoms with Gasteiger partial charge in [0.15, 0.2) is 0 Å². The molecule has 1 heterocycles. The molecular formula is C12H12F3NO2. The molecule has 0 aliphatic carbocycles. The van der Waals surface area contributed by atoms with Crippen LogP contribution in [0.15, 0.2) is 24.3 Å². The number of hydrogen-bond acceptors (Lipinski definition) is 2. The van der Waals surface area contributed by atoms with Crippen LogP contribution in [0, 0.1) is 5.92 Å². The third-order valence-corrected chi connectivity index (χ3v) is 3.11. The van der Waals surface area contributed by atoms with Gasteiger partial charge >= 0.3 is 12.1 Å². The summed E-state index contributed by atoms with van der Waals surface area (Å²) in [5.41, 5.74) is -0.382. The van der Waals surface area contributed by atoms with Gasteiger partial charge in [0, 0.05) is 6.04 Å². The second kappa shape index (κ2) is 4.61. The number of aliphatic carboxylic acids is 1. The van der Waals surface area contributed by atoms with E-state index in [2.05, 4.69) is 5.32 Å².